The summed E-state index contributed by atoms with van der Waals surface area (Å²) in [7, 11) is 1.64. The molecule has 0 aliphatic rings. The summed E-state index contributed by atoms with van der Waals surface area (Å²) in [6.07, 6.45) is 2.88. The van der Waals surface area contributed by atoms with Gasteiger partial charge in [-0.05, 0) is 52.7 Å². The molecule has 0 saturated heterocycles. The average molecular weight is 351 g/mol. The topological polar surface area (TPSA) is 43.4 Å². The van der Waals surface area contributed by atoms with Crippen molar-refractivity contribution < 1.29 is 9.47 Å². The Morgan fingerprint density at radius 3 is 2.81 bits per heavy atom. The number of hydrogen-bond acceptors (Lipinski definition) is 4. The molecule has 0 bridgehead atoms. The number of aromatic nitrogens is 1. The SMILES string of the molecule is CCCNc1ccnc(COc2ccc(OC)cc2Br)c1. The minimum absolute atomic E-state index is 0.423. The lowest BCUT2D eigenvalue weighted by Gasteiger charge is -2.10. The summed E-state index contributed by atoms with van der Waals surface area (Å²) in [6.45, 7) is 3.51. The zero-order valence-electron chi connectivity index (χ0n) is 12.2. The van der Waals surface area contributed by atoms with Gasteiger partial charge in [-0.1, -0.05) is 6.92 Å². The molecule has 0 amide bonds. The Morgan fingerprint density at radius 1 is 1.24 bits per heavy atom. The van der Waals surface area contributed by atoms with Crippen molar-refractivity contribution in [3.8, 4) is 11.5 Å². The minimum Gasteiger partial charge on any atom is -0.497 e. The molecule has 21 heavy (non-hydrogen) atoms. The zero-order valence-corrected chi connectivity index (χ0v) is 13.8. The van der Waals surface area contributed by atoms with Crippen molar-refractivity contribution in [3.63, 3.8) is 0 Å². The van der Waals surface area contributed by atoms with Gasteiger partial charge in [0.15, 0.2) is 0 Å². The Morgan fingerprint density at radius 2 is 2.10 bits per heavy atom. The van der Waals surface area contributed by atoms with E-state index in [0.29, 0.717) is 6.61 Å². The van der Waals surface area contributed by atoms with Crippen LogP contribution < -0.4 is 14.8 Å². The first-order valence-electron chi connectivity index (χ1n) is 6.88. The lowest BCUT2D eigenvalue weighted by atomic mass is 10.3. The molecule has 0 atom stereocenters. The number of pyridine rings is 1. The average Bonchev–Trinajstić information content (AvgIpc) is 2.52. The van der Waals surface area contributed by atoms with E-state index in [0.717, 1.165) is 40.3 Å². The van der Waals surface area contributed by atoms with Gasteiger partial charge in [0.25, 0.3) is 0 Å². The molecule has 1 N–H and O–H groups in total. The summed E-state index contributed by atoms with van der Waals surface area (Å²) in [5, 5.41) is 3.34. The Labute approximate surface area is 133 Å². The quantitative estimate of drug-likeness (QED) is 0.810. The third kappa shape index (κ3) is 4.63. The third-order valence-electron chi connectivity index (χ3n) is 2.91. The molecule has 0 unspecified atom stereocenters. The van der Waals surface area contributed by atoms with Gasteiger partial charge in [-0.25, -0.2) is 0 Å². The number of rotatable bonds is 7. The maximum Gasteiger partial charge on any atom is 0.134 e. The molecular weight excluding hydrogens is 332 g/mol. The Kier molecular flexibility index (Phi) is 5.87. The van der Waals surface area contributed by atoms with Gasteiger partial charge < -0.3 is 14.8 Å². The van der Waals surface area contributed by atoms with E-state index in [9.17, 15) is 0 Å². The van der Waals surface area contributed by atoms with Crippen LogP contribution in [0.1, 0.15) is 19.0 Å². The van der Waals surface area contributed by atoms with E-state index < -0.39 is 0 Å². The third-order valence-corrected chi connectivity index (χ3v) is 3.53. The first-order valence-corrected chi connectivity index (χ1v) is 7.67. The molecule has 4 nitrogen and oxygen atoms in total. The molecule has 0 aliphatic carbocycles. The van der Waals surface area contributed by atoms with E-state index >= 15 is 0 Å². The van der Waals surface area contributed by atoms with Crippen molar-refractivity contribution in [2.24, 2.45) is 0 Å². The van der Waals surface area contributed by atoms with Gasteiger partial charge in [0.05, 0.1) is 17.3 Å². The van der Waals surface area contributed by atoms with E-state index in [4.69, 9.17) is 9.47 Å². The summed E-state index contributed by atoms with van der Waals surface area (Å²) in [5.74, 6) is 1.56. The molecular formula is C16H19BrN2O2. The first kappa shape index (κ1) is 15.6. The molecule has 0 spiro atoms. The van der Waals surface area contributed by atoms with Gasteiger partial charge in [-0.15, -0.1) is 0 Å². The molecule has 112 valence electrons. The normalized spacial score (nSPS) is 10.2. The highest BCUT2D eigenvalue weighted by molar-refractivity contribution is 9.10. The fourth-order valence-electron chi connectivity index (χ4n) is 1.81. The lowest BCUT2D eigenvalue weighted by Crippen LogP contribution is -2.03. The van der Waals surface area contributed by atoms with Crippen molar-refractivity contribution >= 4 is 21.6 Å². The summed E-state index contributed by atoms with van der Waals surface area (Å²) in [6, 6.07) is 9.59. The highest BCUT2D eigenvalue weighted by atomic mass is 79.9. The van der Waals surface area contributed by atoms with Crippen LogP contribution in [-0.4, -0.2) is 18.6 Å². The van der Waals surface area contributed by atoms with Gasteiger partial charge in [0, 0.05) is 18.4 Å². The second kappa shape index (κ2) is 7.88. The van der Waals surface area contributed by atoms with Crippen molar-refractivity contribution in [1.29, 1.82) is 0 Å². The van der Waals surface area contributed by atoms with Crippen LogP contribution in [0, 0.1) is 0 Å². The lowest BCUT2D eigenvalue weighted by molar-refractivity contribution is 0.298. The smallest absolute Gasteiger partial charge is 0.134 e. The van der Waals surface area contributed by atoms with E-state index in [1.807, 2.05) is 30.3 Å². The summed E-state index contributed by atoms with van der Waals surface area (Å²) in [5.41, 5.74) is 1.96. The second-order valence-corrected chi connectivity index (χ2v) is 5.40. The van der Waals surface area contributed by atoms with Crippen LogP contribution in [0.5, 0.6) is 11.5 Å². The van der Waals surface area contributed by atoms with Crippen LogP contribution in [-0.2, 0) is 6.61 Å². The van der Waals surface area contributed by atoms with Gasteiger partial charge >= 0.3 is 0 Å². The number of nitrogens with zero attached hydrogens (tertiary/aromatic N) is 1. The predicted molar refractivity (Wildman–Crippen MR) is 88.0 cm³/mol. The van der Waals surface area contributed by atoms with E-state index in [1.54, 1.807) is 13.3 Å². The standard InChI is InChI=1S/C16H19BrN2O2/c1-3-7-18-12-6-8-19-13(9-12)11-21-16-5-4-14(20-2)10-15(16)17/h4-6,8-10H,3,7,11H2,1-2H3,(H,18,19). The fraction of sp³-hybridized carbons (Fsp3) is 0.312. The minimum atomic E-state index is 0.423. The van der Waals surface area contributed by atoms with Crippen molar-refractivity contribution in [2.45, 2.75) is 20.0 Å². The van der Waals surface area contributed by atoms with Crippen LogP contribution in [0.4, 0.5) is 5.69 Å². The highest BCUT2D eigenvalue weighted by Crippen LogP contribution is 2.29. The van der Waals surface area contributed by atoms with E-state index in [1.165, 1.54) is 0 Å². The van der Waals surface area contributed by atoms with E-state index in [2.05, 4.69) is 33.2 Å². The molecule has 1 aromatic heterocycles. The number of nitrogens with one attached hydrogen (secondary N) is 1. The van der Waals surface area contributed by atoms with Crippen LogP contribution in [0.2, 0.25) is 0 Å². The number of hydrogen-bond donors (Lipinski definition) is 1. The fourth-order valence-corrected chi connectivity index (χ4v) is 2.29. The molecule has 1 heterocycles. The molecule has 0 radical (unpaired) electrons. The maximum absolute atomic E-state index is 5.79. The second-order valence-electron chi connectivity index (χ2n) is 4.55. The van der Waals surface area contributed by atoms with Gasteiger partial charge in [0.1, 0.15) is 18.1 Å². The summed E-state index contributed by atoms with van der Waals surface area (Å²) < 4.78 is 11.8. The monoisotopic (exact) mass is 350 g/mol. The Hall–Kier alpha value is -1.75. The number of methoxy groups -OCH3 is 1. The molecule has 0 aliphatic heterocycles. The molecule has 2 aromatic rings. The van der Waals surface area contributed by atoms with Crippen molar-refractivity contribution in [3.05, 3.63) is 46.7 Å². The van der Waals surface area contributed by atoms with E-state index in [-0.39, 0.29) is 0 Å². The van der Waals surface area contributed by atoms with Crippen LogP contribution in [0.3, 0.4) is 0 Å². The Bertz CT molecular complexity index is 590. The Balaban J connectivity index is 1.99. The van der Waals surface area contributed by atoms with Gasteiger partial charge in [-0.2, -0.15) is 0 Å². The number of anilines is 1. The maximum atomic E-state index is 5.79. The summed E-state index contributed by atoms with van der Waals surface area (Å²) in [4.78, 5) is 4.32. The van der Waals surface area contributed by atoms with Crippen molar-refractivity contribution in [1.82, 2.24) is 4.98 Å². The molecule has 2 rings (SSSR count). The number of halogens is 1. The molecule has 1 aromatic carbocycles. The number of ether oxygens (including phenoxy) is 2. The molecule has 0 saturated carbocycles. The van der Waals surface area contributed by atoms with Crippen LogP contribution in [0.15, 0.2) is 41.0 Å². The molecule has 5 heteroatoms. The zero-order chi connectivity index (χ0) is 15.1. The van der Waals surface area contributed by atoms with Crippen molar-refractivity contribution in [2.75, 3.05) is 19.0 Å². The number of benzene rings is 1. The highest BCUT2D eigenvalue weighted by Gasteiger charge is 2.04. The van der Waals surface area contributed by atoms with Gasteiger partial charge in [0.2, 0.25) is 0 Å². The summed E-state index contributed by atoms with van der Waals surface area (Å²) >= 11 is 3.47. The van der Waals surface area contributed by atoms with Crippen LogP contribution >= 0.6 is 15.9 Å². The molecule has 0 fully saturated rings. The predicted octanol–water partition coefficient (Wildman–Crippen LogP) is 4.25. The first-order chi connectivity index (χ1) is 10.2. The largest absolute Gasteiger partial charge is 0.497 e. The van der Waals surface area contributed by atoms with Gasteiger partial charge in [-0.3, -0.25) is 4.98 Å². The van der Waals surface area contributed by atoms with Crippen LogP contribution in [0.25, 0.3) is 0 Å².